The number of guanidine groups is 1. The Bertz CT molecular complexity index is 741. The van der Waals surface area contributed by atoms with E-state index in [0.717, 1.165) is 10.7 Å². The van der Waals surface area contributed by atoms with Gasteiger partial charge in [-0.1, -0.05) is 39.0 Å². The maximum absolute atomic E-state index is 12.5. The lowest BCUT2D eigenvalue weighted by Crippen LogP contribution is -2.36. The summed E-state index contributed by atoms with van der Waals surface area (Å²) >= 11 is 1.59. The molecule has 26 heavy (non-hydrogen) atoms. The van der Waals surface area contributed by atoms with Crippen molar-refractivity contribution < 1.29 is 13.5 Å². The highest BCUT2D eigenvalue weighted by Crippen LogP contribution is 2.23. The number of nitrogens with one attached hydrogen (secondary N) is 2. The van der Waals surface area contributed by atoms with Crippen LogP contribution in [0.4, 0.5) is 8.78 Å². The van der Waals surface area contributed by atoms with Crippen molar-refractivity contribution in [3.05, 3.63) is 45.9 Å². The van der Waals surface area contributed by atoms with Gasteiger partial charge in [0.05, 0.1) is 12.2 Å². The van der Waals surface area contributed by atoms with Crippen LogP contribution in [0.5, 0.6) is 5.75 Å². The first-order valence-corrected chi connectivity index (χ1v) is 9.09. The van der Waals surface area contributed by atoms with Crippen LogP contribution in [0.1, 0.15) is 37.0 Å². The summed E-state index contributed by atoms with van der Waals surface area (Å²) in [6, 6.07) is 6.68. The number of benzene rings is 1. The first-order valence-electron chi connectivity index (χ1n) is 8.21. The van der Waals surface area contributed by atoms with Gasteiger partial charge in [0.25, 0.3) is 0 Å². The van der Waals surface area contributed by atoms with Gasteiger partial charge in [0, 0.05) is 30.0 Å². The predicted molar refractivity (Wildman–Crippen MR) is 101 cm³/mol. The minimum atomic E-state index is -2.85. The third-order valence-electron chi connectivity index (χ3n) is 3.59. The Labute approximate surface area is 156 Å². The molecule has 8 heteroatoms. The summed E-state index contributed by atoms with van der Waals surface area (Å²) < 4.78 is 29.5. The first-order chi connectivity index (χ1) is 12.3. The SMILES string of the molecule is CN=C(NCc1nc(C(C)(C)C)cs1)NCc1ccccc1OC(F)F. The summed E-state index contributed by atoms with van der Waals surface area (Å²) in [7, 11) is 1.65. The number of aromatic nitrogens is 1. The van der Waals surface area contributed by atoms with Gasteiger partial charge in [0.2, 0.25) is 0 Å². The van der Waals surface area contributed by atoms with E-state index in [4.69, 9.17) is 0 Å². The normalized spacial score (nSPS) is 12.3. The Balaban J connectivity index is 1.92. The fourth-order valence-electron chi connectivity index (χ4n) is 2.16. The van der Waals surface area contributed by atoms with Gasteiger partial charge >= 0.3 is 6.61 Å². The molecule has 2 rings (SSSR count). The molecular formula is C18H24F2N4OS. The first kappa shape index (κ1) is 20.1. The summed E-state index contributed by atoms with van der Waals surface area (Å²) in [5.41, 5.74) is 1.70. The Hall–Kier alpha value is -2.22. The monoisotopic (exact) mass is 382 g/mol. The van der Waals surface area contributed by atoms with Crippen molar-refractivity contribution in [1.82, 2.24) is 15.6 Å². The van der Waals surface area contributed by atoms with Crippen LogP contribution in [0.3, 0.4) is 0 Å². The van der Waals surface area contributed by atoms with Gasteiger partial charge in [-0.25, -0.2) is 4.98 Å². The van der Waals surface area contributed by atoms with E-state index in [2.05, 4.69) is 51.5 Å². The molecule has 0 bridgehead atoms. The highest BCUT2D eigenvalue weighted by Gasteiger charge is 2.17. The fourth-order valence-corrected chi connectivity index (χ4v) is 3.12. The number of aliphatic imine (C=N–C) groups is 1. The summed E-state index contributed by atoms with van der Waals surface area (Å²) in [5.74, 6) is 0.713. The van der Waals surface area contributed by atoms with E-state index in [0.29, 0.717) is 24.6 Å². The molecule has 2 aromatic rings. The lowest BCUT2D eigenvalue weighted by atomic mass is 9.93. The van der Waals surface area contributed by atoms with E-state index in [1.807, 2.05) is 0 Å². The van der Waals surface area contributed by atoms with Crippen LogP contribution in [0.15, 0.2) is 34.6 Å². The summed E-state index contributed by atoms with van der Waals surface area (Å²) in [5, 5.41) is 9.29. The molecule has 0 radical (unpaired) electrons. The van der Waals surface area contributed by atoms with Crippen molar-refractivity contribution in [2.75, 3.05) is 7.05 Å². The molecule has 1 heterocycles. The van der Waals surface area contributed by atoms with Gasteiger partial charge in [-0.2, -0.15) is 8.78 Å². The minimum Gasteiger partial charge on any atom is -0.434 e. The Morgan fingerprint density at radius 3 is 2.54 bits per heavy atom. The lowest BCUT2D eigenvalue weighted by molar-refractivity contribution is -0.0504. The van der Waals surface area contributed by atoms with Crippen molar-refractivity contribution in [3.63, 3.8) is 0 Å². The third kappa shape index (κ3) is 5.94. The van der Waals surface area contributed by atoms with E-state index in [-0.39, 0.29) is 11.2 Å². The standard InChI is InChI=1S/C18H24F2N4OS/c1-18(2,3)14-11-26-15(24-14)10-23-17(21-4)22-9-12-7-5-6-8-13(12)25-16(19)20/h5-8,11,16H,9-10H2,1-4H3,(H2,21,22,23). The van der Waals surface area contributed by atoms with E-state index in [1.165, 1.54) is 6.07 Å². The van der Waals surface area contributed by atoms with Gasteiger partial charge in [0.15, 0.2) is 5.96 Å². The molecule has 0 aliphatic heterocycles. The van der Waals surface area contributed by atoms with Crippen LogP contribution >= 0.6 is 11.3 Å². The molecule has 1 aromatic carbocycles. The van der Waals surface area contributed by atoms with Gasteiger partial charge in [-0.3, -0.25) is 4.99 Å². The second kappa shape index (κ2) is 8.93. The number of ether oxygens (including phenoxy) is 1. The highest BCUT2D eigenvalue weighted by atomic mass is 32.1. The Morgan fingerprint density at radius 2 is 1.92 bits per heavy atom. The number of hydrogen-bond donors (Lipinski definition) is 2. The zero-order valence-corrected chi connectivity index (χ0v) is 16.2. The van der Waals surface area contributed by atoms with Crippen molar-refractivity contribution >= 4 is 17.3 Å². The quantitative estimate of drug-likeness (QED) is 0.588. The van der Waals surface area contributed by atoms with Gasteiger partial charge in [-0.15, -0.1) is 11.3 Å². The predicted octanol–water partition coefficient (Wildman–Crippen LogP) is 3.91. The maximum atomic E-state index is 12.5. The average molecular weight is 382 g/mol. The Kier molecular flexibility index (Phi) is 6.90. The van der Waals surface area contributed by atoms with E-state index < -0.39 is 6.61 Å². The van der Waals surface area contributed by atoms with E-state index in [1.54, 1.807) is 36.6 Å². The van der Waals surface area contributed by atoms with E-state index in [9.17, 15) is 8.78 Å². The maximum Gasteiger partial charge on any atom is 0.387 e. The van der Waals surface area contributed by atoms with Gasteiger partial charge in [0.1, 0.15) is 10.8 Å². The summed E-state index contributed by atoms with van der Waals surface area (Å²) in [6.45, 7) is 4.37. The molecule has 5 nitrogen and oxygen atoms in total. The summed E-state index contributed by atoms with van der Waals surface area (Å²) in [4.78, 5) is 8.77. The minimum absolute atomic E-state index is 0.0170. The lowest BCUT2D eigenvalue weighted by Gasteiger charge is -2.15. The molecule has 0 aliphatic rings. The zero-order valence-electron chi connectivity index (χ0n) is 15.3. The molecule has 0 saturated carbocycles. The van der Waals surface area contributed by atoms with Crippen LogP contribution in [0, 0.1) is 0 Å². The molecule has 0 atom stereocenters. The number of para-hydroxylation sites is 1. The molecule has 1 aromatic heterocycles. The number of rotatable bonds is 6. The molecule has 2 N–H and O–H groups in total. The number of alkyl halides is 2. The van der Waals surface area contributed by atoms with Crippen LogP contribution in [0.25, 0.3) is 0 Å². The molecule has 0 aliphatic carbocycles. The molecule has 142 valence electrons. The molecular weight excluding hydrogens is 358 g/mol. The van der Waals surface area contributed by atoms with Crippen LogP contribution in [-0.2, 0) is 18.5 Å². The topological polar surface area (TPSA) is 58.5 Å². The molecule has 0 fully saturated rings. The number of hydrogen-bond acceptors (Lipinski definition) is 4. The molecule has 0 amide bonds. The average Bonchev–Trinajstić information content (AvgIpc) is 3.05. The molecule has 0 spiro atoms. The third-order valence-corrected chi connectivity index (χ3v) is 4.43. The van der Waals surface area contributed by atoms with Crippen molar-refractivity contribution in [2.24, 2.45) is 4.99 Å². The second-order valence-electron chi connectivity index (χ2n) is 6.64. The highest BCUT2D eigenvalue weighted by molar-refractivity contribution is 7.09. The summed E-state index contributed by atoms with van der Waals surface area (Å²) in [6.07, 6.45) is 0. The van der Waals surface area contributed by atoms with E-state index >= 15 is 0 Å². The fraction of sp³-hybridized carbons (Fsp3) is 0.444. The Morgan fingerprint density at radius 1 is 1.23 bits per heavy atom. The van der Waals surface area contributed by atoms with Gasteiger partial charge in [-0.05, 0) is 6.07 Å². The number of nitrogens with zero attached hydrogens (tertiary/aromatic N) is 2. The van der Waals surface area contributed by atoms with Crippen LogP contribution < -0.4 is 15.4 Å². The zero-order chi connectivity index (χ0) is 19.2. The second-order valence-corrected chi connectivity index (χ2v) is 7.58. The largest absolute Gasteiger partial charge is 0.434 e. The number of thiazole rings is 1. The van der Waals surface area contributed by atoms with Gasteiger partial charge < -0.3 is 15.4 Å². The van der Waals surface area contributed by atoms with Crippen molar-refractivity contribution in [1.29, 1.82) is 0 Å². The van der Waals surface area contributed by atoms with Crippen LogP contribution in [-0.4, -0.2) is 24.6 Å². The van der Waals surface area contributed by atoms with Crippen molar-refractivity contribution in [3.8, 4) is 5.75 Å². The van der Waals surface area contributed by atoms with Crippen molar-refractivity contribution in [2.45, 2.75) is 45.9 Å². The molecule has 0 unspecified atom stereocenters. The smallest absolute Gasteiger partial charge is 0.387 e. The number of halogens is 2. The molecule has 0 saturated heterocycles. The van der Waals surface area contributed by atoms with Crippen LogP contribution in [0.2, 0.25) is 0 Å².